The molecule has 1 aromatic rings. The largest absolute Gasteiger partial charge is 0.326 e. The predicted molar refractivity (Wildman–Crippen MR) is 100 cm³/mol. The monoisotopic (exact) mass is 334 g/mol. The zero-order valence-corrected chi connectivity index (χ0v) is 15.5. The molecule has 0 spiro atoms. The second-order valence-corrected chi connectivity index (χ2v) is 8.11. The fraction of sp³-hybridized carbons (Fsp3) is 0.632. The van der Waals surface area contributed by atoms with Crippen molar-refractivity contribution >= 4 is 23.4 Å². The van der Waals surface area contributed by atoms with E-state index in [1.807, 2.05) is 17.8 Å². The van der Waals surface area contributed by atoms with E-state index in [1.54, 1.807) is 0 Å². The fourth-order valence-electron chi connectivity index (χ4n) is 2.88. The number of benzene rings is 1. The average molecular weight is 335 g/mol. The Morgan fingerprint density at radius 1 is 1.39 bits per heavy atom. The van der Waals surface area contributed by atoms with Gasteiger partial charge in [0.1, 0.15) is 0 Å². The third-order valence-corrected chi connectivity index (χ3v) is 5.88. The molecule has 23 heavy (non-hydrogen) atoms. The van der Waals surface area contributed by atoms with Crippen LogP contribution in [0.4, 0.5) is 5.69 Å². The fourth-order valence-corrected chi connectivity index (χ4v) is 3.91. The molecule has 0 saturated carbocycles. The molecule has 0 radical (unpaired) electrons. The van der Waals surface area contributed by atoms with Gasteiger partial charge in [-0.1, -0.05) is 13.8 Å². The van der Waals surface area contributed by atoms with E-state index >= 15 is 0 Å². The van der Waals surface area contributed by atoms with Gasteiger partial charge in [-0.25, -0.2) is 0 Å². The third-order valence-electron chi connectivity index (χ3n) is 4.62. The number of anilines is 1. The predicted octanol–water partition coefficient (Wildman–Crippen LogP) is 4.60. The summed E-state index contributed by atoms with van der Waals surface area (Å²) in [4.78, 5) is 13.5. The van der Waals surface area contributed by atoms with Crippen LogP contribution in [0.3, 0.4) is 0 Å². The molecule has 1 amide bonds. The smallest absolute Gasteiger partial charge is 0.224 e. The summed E-state index contributed by atoms with van der Waals surface area (Å²) in [5, 5.41) is 7.08. The molecule has 1 atom stereocenters. The number of aryl methyl sites for hydroxylation is 1. The van der Waals surface area contributed by atoms with Gasteiger partial charge in [-0.05, 0) is 75.4 Å². The quantitative estimate of drug-likeness (QED) is 0.716. The van der Waals surface area contributed by atoms with Crippen molar-refractivity contribution in [3.8, 4) is 0 Å². The first-order valence-electron chi connectivity index (χ1n) is 8.86. The normalized spacial score (nSPS) is 17.0. The number of nitrogens with one attached hydrogen (secondary N) is 2. The van der Waals surface area contributed by atoms with Crippen LogP contribution in [0.2, 0.25) is 0 Å². The highest BCUT2D eigenvalue weighted by Gasteiger charge is 2.15. The Hall–Kier alpha value is -1.00. The number of rotatable bonds is 7. The van der Waals surface area contributed by atoms with Crippen LogP contribution < -0.4 is 10.6 Å². The van der Waals surface area contributed by atoms with Crippen LogP contribution in [-0.4, -0.2) is 24.2 Å². The second-order valence-electron chi connectivity index (χ2n) is 6.59. The number of hydrogen-bond acceptors (Lipinski definition) is 3. The van der Waals surface area contributed by atoms with Gasteiger partial charge in [0, 0.05) is 22.3 Å². The van der Waals surface area contributed by atoms with E-state index in [4.69, 9.17) is 0 Å². The lowest BCUT2D eigenvalue weighted by atomic mass is 9.93. The molecule has 0 aromatic heterocycles. The zero-order chi connectivity index (χ0) is 16.7. The van der Waals surface area contributed by atoms with E-state index < -0.39 is 0 Å². The number of carbonyl (C=O) groups excluding carboxylic acids is 1. The molecule has 4 heteroatoms. The average Bonchev–Trinajstić information content (AvgIpc) is 2.56. The summed E-state index contributed by atoms with van der Waals surface area (Å²) in [5.74, 6) is 0.853. The molecular formula is C19H30N2OS. The van der Waals surface area contributed by atoms with E-state index in [0.29, 0.717) is 17.6 Å². The number of hydrogen-bond donors (Lipinski definition) is 2. The van der Waals surface area contributed by atoms with Crippen molar-refractivity contribution in [2.24, 2.45) is 5.92 Å². The zero-order valence-electron chi connectivity index (χ0n) is 14.7. The molecule has 2 rings (SSSR count). The van der Waals surface area contributed by atoms with Crippen molar-refractivity contribution in [3.63, 3.8) is 0 Å². The van der Waals surface area contributed by atoms with Gasteiger partial charge in [-0.15, -0.1) is 11.8 Å². The van der Waals surface area contributed by atoms with Crippen molar-refractivity contribution in [2.75, 3.05) is 18.4 Å². The van der Waals surface area contributed by atoms with Crippen molar-refractivity contribution in [1.82, 2.24) is 5.32 Å². The molecule has 0 bridgehead atoms. The summed E-state index contributed by atoms with van der Waals surface area (Å²) in [6.07, 6.45) is 5.21. The van der Waals surface area contributed by atoms with Crippen LogP contribution in [0.1, 0.15) is 51.5 Å². The van der Waals surface area contributed by atoms with Crippen molar-refractivity contribution in [3.05, 3.63) is 23.8 Å². The Labute approximate surface area is 145 Å². The number of carbonyl (C=O) groups is 1. The van der Waals surface area contributed by atoms with E-state index in [2.05, 4.69) is 43.5 Å². The first-order valence-corrected chi connectivity index (χ1v) is 9.74. The lowest BCUT2D eigenvalue weighted by molar-refractivity contribution is -0.116. The van der Waals surface area contributed by atoms with E-state index in [9.17, 15) is 4.79 Å². The van der Waals surface area contributed by atoms with Crippen molar-refractivity contribution in [2.45, 2.75) is 63.0 Å². The Morgan fingerprint density at radius 2 is 2.13 bits per heavy atom. The highest BCUT2D eigenvalue weighted by atomic mass is 32.2. The first kappa shape index (κ1) is 18.3. The van der Waals surface area contributed by atoms with Gasteiger partial charge in [0.05, 0.1) is 0 Å². The maximum absolute atomic E-state index is 12.2. The minimum atomic E-state index is 0.147. The minimum absolute atomic E-state index is 0.147. The summed E-state index contributed by atoms with van der Waals surface area (Å²) >= 11 is 1.90. The maximum atomic E-state index is 12.2. The van der Waals surface area contributed by atoms with Gasteiger partial charge in [0.25, 0.3) is 0 Å². The van der Waals surface area contributed by atoms with Crippen LogP contribution >= 0.6 is 11.8 Å². The standard InChI is InChI=1S/C19H30N2OS/c1-4-15(3)23-17-6-7-18(14(2)13-17)21-19(22)8-5-16-9-11-20-12-10-16/h6-7,13,15-16,20H,4-5,8-12H2,1-3H3,(H,21,22). The third kappa shape index (κ3) is 6.19. The van der Waals surface area contributed by atoms with Gasteiger partial charge in [0.15, 0.2) is 0 Å². The molecular weight excluding hydrogens is 304 g/mol. The van der Waals surface area contributed by atoms with Gasteiger partial charge >= 0.3 is 0 Å². The lowest BCUT2D eigenvalue weighted by Gasteiger charge is -2.22. The molecule has 1 heterocycles. The van der Waals surface area contributed by atoms with Crippen LogP contribution in [0.15, 0.2) is 23.1 Å². The summed E-state index contributed by atoms with van der Waals surface area (Å²) < 4.78 is 0. The van der Waals surface area contributed by atoms with Crippen LogP contribution in [0, 0.1) is 12.8 Å². The number of amides is 1. The lowest BCUT2D eigenvalue weighted by Crippen LogP contribution is -2.28. The molecule has 1 unspecified atom stereocenters. The second kappa shape index (κ2) is 9.33. The van der Waals surface area contributed by atoms with E-state index in [1.165, 1.54) is 24.2 Å². The number of thioether (sulfide) groups is 1. The molecule has 1 saturated heterocycles. The van der Waals surface area contributed by atoms with Gasteiger partial charge < -0.3 is 10.6 Å². The summed E-state index contributed by atoms with van der Waals surface area (Å²) in [6, 6.07) is 6.34. The summed E-state index contributed by atoms with van der Waals surface area (Å²) in [7, 11) is 0. The SMILES string of the molecule is CCC(C)Sc1ccc(NC(=O)CCC2CCNCC2)c(C)c1. The molecule has 0 aliphatic carbocycles. The first-order chi connectivity index (χ1) is 11.1. The topological polar surface area (TPSA) is 41.1 Å². The Kier molecular flexibility index (Phi) is 7.44. The molecule has 128 valence electrons. The Bertz CT molecular complexity index is 512. The highest BCUT2D eigenvalue weighted by molar-refractivity contribution is 7.99. The van der Waals surface area contributed by atoms with Gasteiger partial charge in [-0.3, -0.25) is 4.79 Å². The van der Waals surface area contributed by atoms with E-state index in [-0.39, 0.29) is 5.91 Å². The molecule has 1 aromatic carbocycles. The summed E-state index contributed by atoms with van der Waals surface area (Å²) in [5.41, 5.74) is 2.10. The molecule has 1 aliphatic rings. The summed E-state index contributed by atoms with van der Waals surface area (Å²) in [6.45, 7) is 8.72. The van der Waals surface area contributed by atoms with Crippen molar-refractivity contribution in [1.29, 1.82) is 0 Å². The number of piperidine rings is 1. The maximum Gasteiger partial charge on any atom is 0.224 e. The van der Waals surface area contributed by atoms with Crippen molar-refractivity contribution < 1.29 is 4.79 Å². The van der Waals surface area contributed by atoms with Crippen LogP contribution in [-0.2, 0) is 4.79 Å². The van der Waals surface area contributed by atoms with Crippen LogP contribution in [0.5, 0.6) is 0 Å². The minimum Gasteiger partial charge on any atom is -0.326 e. The molecule has 2 N–H and O–H groups in total. The molecule has 1 aliphatic heterocycles. The Morgan fingerprint density at radius 3 is 2.78 bits per heavy atom. The van der Waals surface area contributed by atoms with Gasteiger partial charge in [0.2, 0.25) is 5.91 Å². The highest BCUT2D eigenvalue weighted by Crippen LogP contribution is 2.28. The molecule has 3 nitrogen and oxygen atoms in total. The van der Waals surface area contributed by atoms with Crippen LogP contribution in [0.25, 0.3) is 0 Å². The van der Waals surface area contributed by atoms with Gasteiger partial charge in [-0.2, -0.15) is 0 Å². The Balaban J connectivity index is 1.82. The van der Waals surface area contributed by atoms with E-state index in [0.717, 1.165) is 30.8 Å². The molecule has 1 fully saturated rings.